The molecule has 0 radical (unpaired) electrons. The molecule has 0 aliphatic heterocycles. The van der Waals surface area contributed by atoms with Gasteiger partial charge in [0, 0.05) is 5.41 Å². The van der Waals surface area contributed by atoms with Gasteiger partial charge in [0.15, 0.2) is 6.29 Å². The number of rotatable bonds is 6. The van der Waals surface area contributed by atoms with Crippen molar-refractivity contribution in [2.45, 2.75) is 58.2 Å². The van der Waals surface area contributed by atoms with E-state index in [-0.39, 0.29) is 16.9 Å². The van der Waals surface area contributed by atoms with E-state index >= 15 is 0 Å². The van der Waals surface area contributed by atoms with Gasteiger partial charge in [-0.3, -0.25) is 0 Å². The Hall–Kier alpha value is -2.04. The van der Waals surface area contributed by atoms with Crippen molar-refractivity contribution in [3.63, 3.8) is 0 Å². The van der Waals surface area contributed by atoms with E-state index in [0.29, 0.717) is 6.42 Å². The number of unbranched alkanes of at least 4 members (excludes halogenated alkanes) is 2. The summed E-state index contributed by atoms with van der Waals surface area (Å²) in [5, 5.41) is 35.3. The highest BCUT2D eigenvalue weighted by Crippen LogP contribution is 2.32. The summed E-state index contributed by atoms with van der Waals surface area (Å²) in [5.74, 6) is 0.547. The van der Waals surface area contributed by atoms with Crippen molar-refractivity contribution >= 4 is 0 Å². The molecule has 0 fully saturated rings. The van der Waals surface area contributed by atoms with Gasteiger partial charge >= 0.3 is 0 Å². The zero-order valence-corrected chi connectivity index (χ0v) is 15.3. The highest BCUT2D eigenvalue weighted by molar-refractivity contribution is 5.41. The molecule has 0 bridgehead atoms. The molecule has 0 aliphatic rings. The van der Waals surface area contributed by atoms with Crippen LogP contribution < -0.4 is 0 Å². The monoisotopic (exact) mass is 346 g/mol. The van der Waals surface area contributed by atoms with Crippen LogP contribution in [0.25, 0.3) is 0 Å². The van der Waals surface area contributed by atoms with Gasteiger partial charge in [-0.05, 0) is 48.2 Å². The molecule has 0 amide bonds. The maximum Gasteiger partial charge on any atom is 0.151 e. The number of phenolic OH excluding ortho intramolecular Hbond substituents is 2. The van der Waals surface area contributed by atoms with Crippen LogP contribution in [0.5, 0.6) is 11.5 Å². The van der Waals surface area contributed by atoms with E-state index in [4.69, 9.17) is 10.2 Å². The number of phenols is 2. The molecule has 0 atom stereocenters. The second kappa shape index (κ2) is 10.1. The maximum absolute atomic E-state index is 9.30. The number of aliphatic hydroxyl groups is 2. The average molecular weight is 346 g/mol. The first-order valence-electron chi connectivity index (χ1n) is 8.72. The first-order valence-corrected chi connectivity index (χ1v) is 8.72. The summed E-state index contributed by atoms with van der Waals surface area (Å²) in [6, 6.07) is 14.4. The number of benzene rings is 2. The molecule has 4 heteroatoms. The van der Waals surface area contributed by atoms with Crippen LogP contribution in [-0.2, 0) is 5.41 Å². The third-order valence-electron chi connectivity index (χ3n) is 4.24. The number of hydrogen-bond donors (Lipinski definition) is 4. The predicted octanol–water partition coefficient (Wildman–Crippen LogP) is 4.30. The fourth-order valence-electron chi connectivity index (χ4n) is 2.50. The summed E-state index contributed by atoms with van der Waals surface area (Å²) in [7, 11) is 0. The van der Waals surface area contributed by atoms with Crippen molar-refractivity contribution in [1.29, 1.82) is 0 Å². The van der Waals surface area contributed by atoms with Gasteiger partial charge in [-0.1, -0.05) is 57.9 Å². The van der Waals surface area contributed by atoms with Crippen LogP contribution in [0.15, 0.2) is 48.5 Å². The molecule has 2 aromatic rings. The van der Waals surface area contributed by atoms with Crippen molar-refractivity contribution in [3.05, 3.63) is 59.7 Å². The molecule has 0 heterocycles. The van der Waals surface area contributed by atoms with Crippen LogP contribution >= 0.6 is 0 Å². The summed E-state index contributed by atoms with van der Waals surface area (Å²) >= 11 is 0. The highest BCUT2D eigenvalue weighted by atomic mass is 16.5. The second-order valence-corrected chi connectivity index (χ2v) is 6.70. The van der Waals surface area contributed by atoms with Gasteiger partial charge in [-0.2, -0.15) is 0 Å². The van der Waals surface area contributed by atoms with Gasteiger partial charge in [0.25, 0.3) is 0 Å². The molecular formula is C21H30O4. The van der Waals surface area contributed by atoms with Gasteiger partial charge < -0.3 is 20.4 Å². The van der Waals surface area contributed by atoms with Gasteiger partial charge in [0.1, 0.15) is 11.5 Å². The van der Waals surface area contributed by atoms with Crippen LogP contribution in [0, 0.1) is 0 Å². The van der Waals surface area contributed by atoms with E-state index in [0.717, 1.165) is 30.4 Å². The SMILES string of the molecule is CC(C)(c1ccc(O)cc1)c1ccc(O)cc1.CCCCCC(O)O. The van der Waals surface area contributed by atoms with Crippen molar-refractivity contribution < 1.29 is 20.4 Å². The molecule has 138 valence electrons. The minimum Gasteiger partial charge on any atom is -0.508 e. The number of hydrogen-bond acceptors (Lipinski definition) is 4. The molecule has 0 spiro atoms. The Morgan fingerprint density at radius 1 is 0.760 bits per heavy atom. The second-order valence-electron chi connectivity index (χ2n) is 6.70. The molecule has 0 saturated carbocycles. The Kier molecular flexibility index (Phi) is 8.46. The van der Waals surface area contributed by atoms with E-state index < -0.39 is 6.29 Å². The maximum atomic E-state index is 9.30. The summed E-state index contributed by atoms with van der Waals surface area (Å²) in [5.41, 5.74) is 2.10. The smallest absolute Gasteiger partial charge is 0.151 e. The van der Waals surface area contributed by atoms with Crippen molar-refractivity contribution in [2.75, 3.05) is 0 Å². The van der Waals surface area contributed by atoms with Crippen LogP contribution in [0.2, 0.25) is 0 Å². The van der Waals surface area contributed by atoms with Gasteiger partial charge in [-0.15, -0.1) is 0 Å². The normalized spacial score (nSPS) is 11.1. The van der Waals surface area contributed by atoms with Crippen LogP contribution in [-0.4, -0.2) is 26.7 Å². The molecule has 4 N–H and O–H groups in total. The Morgan fingerprint density at radius 3 is 1.48 bits per heavy atom. The Bertz CT molecular complexity index is 553. The Morgan fingerprint density at radius 2 is 1.16 bits per heavy atom. The average Bonchev–Trinajstić information content (AvgIpc) is 2.56. The van der Waals surface area contributed by atoms with Crippen LogP contribution in [0.1, 0.15) is 57.6 Å². The zero-order valence-electron chi connectivity index (χ0n) is 15.3. The Balaban J connectivity index is 0.000000333. The largest absolute Gasteiger partial charge is 0.508 e. The summed E-state index contributed by atoms with van der Waals surface area (Å²) < 4.78 is 0. The standard InChI is InChI=1S/C15H16O2.C6H14O2/c1-15(2,11-3-7-13(16)8-4-11)12-5-9-14(17)10-6-12;1-2-3-4-5-6(7)8/h3-10,16-17H,1-2H3;6-8H,2-5H2,1H3. The van der Waals surface area contributed by atoms with E-state index in [2.05, 4.69) is 20.8 Å². The van der Waals surface area contributed by atoms with E-state index in [1.165, 1.54) is 0 Å². The zero-order chi connectivity index (χ0) is 18.9. The molecule has 4 nitrogen and oxygen atoms in total. The van der Waals surface area contributed by atoms with Gasteiger partial charge in [0.05, 0.1) is 0 Å². The Labute approximate surface area is 150 Å². The third-order valence-corrected chi connectivity index (χ3v) is 4.24. The van der Waals surface area contributed by atoms with E-state index in [9.17, 15) is 10.2 Å². The minimum atomic E-state index is -1.10. The lowest BCUT2D eigenvalue weighted by atomic mass is 9.78. The molecule has 0 saturated heterocycles. The predicted molar refractivity (Wildman–Crippen MR) is 101 cm³/mol. The molecular weight excluding hydrogens is 316 g/mol. The van der Waals surface area contributed by atoms with Gasteiger partial charge in [0.2, 0.25) is 0 Å². The number of aromatic hydroxyl groups is 2. The number of aliphatic hydroxyl groups excluding tert-OH is 1. The van der Waals surface area contributed by atoms with Crippen LogP contribution in [0.4, 0.5) is 0 Å². The van der Waals surface area contributed by atoms with Crippen molar-refractivity contribution in [1.82, 2.24) is 0 Å². The lowest BCUT2D eigenvalue weighted by Crippen LogP contribution is -2.18. The third kappa shape index (κ3) is 7.16. The summed E-state index contributed by atoms with van der Waals surface area (Å²) in [4.78, 5) is 0. The molecule has 25 heavy (non-hydrogen) atoms. The first kappa shape index (κ1) is 21.0. The van der Waals surface area contributed by atoms with Gasteiger partial charge in [-0.25, -0.2) is 0 Å². The van der Waals surface area contributed by atoms with Crippen molar-refractivity contribution in [2.24, 2.45) is 0 Å². The lowest BCUT2D eigenvalue weighted by Gasteiger charge is -2.26. The first-order chi connectivity index (χ1) is 11.8. The fourth-order valence-corrected chi connectivity index (χ4v) is 2.50. The molecule has 0 aliphatic carbocycles. The molecule has 2 rings (SSSR count). The minimum absolute atomic E-state index is 0.151. The highest BCUT2D eigenvalue weighted by Gasteiger charge is 2.22. The summed E-state index contributed by atoms with van der Waals surface area (Å²) in [6.45, 7) is 6.32. The topological polar surface area (TPSA) is 80.9 Å². The van der Waals surface area contributed by atoms with E-state index in [1.807, 2.05) is 24.3 Å². The fraction of sp³-hybridized carbons (Fsp3) is 0.429. The molecule has 0 aromatic heterocycles. The molecule has 2 aromatic carbocycles. The quantitative estimate of drug-likeness (QED) is 0.464. The lowest BCUT2D eigenvalue weighted by molar-refractivity contribution is -0.0465. The van der Waals surface area contributed by atoms with Crippen molar-refractivity contribution in [3.8, 4) is 11.5 Å². The summed E-state index contributed by atoms with van der Waals surface area (Å²) in [6.07, 6.45) is 2.58. The van der Waals surface area contributed by atoms with Crippen LogP contribution in [0.3, 0.4) is 0 Å². The molecule has 0 unspecified atom stereocenters. The van der Waals surface area contributed by atoms with E-state index in [1.54, 1.807) is 24.3 Å².